The molecule has 3 aromatic rings. The molecule has 0 spiro atoms. The SMILES string of the molecule is O=C(CSc1cn(Cc2ccc(Cl)cc2)c2ccccc12)NC1CCCCC1. The lowest BCUT2D eigenvalue weighted by atomic mass is 9.95. The first kappa shape index (κ1) is 19.4. The summed E-state index contributed by atoms with van der Waals surface area (Å²) in [5.74, 6) is 0.609. The Bertz CT molecular complexity index is 945. The van der Waals surface area contributed by atoms with Crippen LogP contribution in [0.1, 0.15) is 37.7 Å². The van der Waals surface area contributed by atoms with E-state index in [9.17, 15) is 4.79 Å². The first-order valence-corrected chi connectivity index (χ1v) is 11.3. The summed E-state index contributed by atoms with van der Waals surface area (Å²) in [6.45, 7) is 0.784. The third-order valence-electron chi connectivity index (χ3n) is 5.35. The highest BCUT2D eigenvalue weighted by molar-refractivity contribution is 8.00. The molecule has 1 aliphatic rings. The van der Waals surface area contributed by atoms with Gasteiger partial charge in [0, 0.05) is 39.6 Å². The van der Waals surface area contributed by atoms with E-state index < -0.39 is 0 Å². The third-order valence-corrected chi connectivity index (χ3v) is 6.64. The second-order valence-electron chi connectivity index (χ2n) is 7.46. The number of hydrogen-bond acceptors (Lipinski definition) is 2. The highest BCUT2D eigenvalue weighted by Gasteiger charge is 2.16. The molecule has 3 nitrogen and oxygen atoms in total. The van der Waals surface area contributed by atoms with Crippen LogP contribution in [0.3, 0.4) is 0 Å². The van der Waals surface area contributed by atoms with Crippen molar-refractivity contribution in [2.24, 2.45) is 0 Å². The molecule has 4 rings (SSSR count). The van der Waals surface area contributed by atoms with Gasteiger partial charge >= 0.3 is 0 Å². The molecule has 1 N–H and O–H groups in total. The van der Waals surface area contributed by atoms with Crippen LogP contribution in [0.5, 0.6) is 0 Å². The van der Waals surface area contributed by atoms with Crippen molar-refractivity contribution in [2.45, 2.75) is 49.6 Å². The average Bonchev–Trinajstić information content (AvgIpc) is 3.07. The standard InChI is InChI=1S/C23H25ClN2OS/c24-18-12-10-17(11-13-18)14-26-15-22(20-8-4-5-9-21(20)26)28-16-23(27)25-19-6-2-1-3-7-19/h4-5,8-13,15,19H,1-3,6-7,14,16H2,(H,25,27). The molecule has 28 heavy (non-hydrogen) atoms. The Morgan fingerprint density at radius 2 is 1.82 bits per heavy atom. The Morgan fingerprint density at radius 3 is 2.61 bits per heavy atom. The number of thioether (sulfide) groups is 1. The number of para-hydroxylation sites is 1. The number of rotatable bonds is 6. The van der Waals surface area contributed by atoms with Gasteiger partial charge in [0.25, 0.3) is 0 Å². The third kappa shape index (κ3) is 4.73. The van der Waals surface area contributed by atoms with Gasteiger partial charge in [0.1, 0.15) is 0 Å². The zero-order valence-corrected chi connectivity index (χ0v) is 17.4. The first-order chi connectivity index (χ1) is 13.7. The lowest BCUT2D eigenvalue weighted by Gasteiger charge is -2.22. The Balaban J connectivity index is 1.46. The molecule has 0 unspecified atom stereocenters. The number of carbonyl (C=O) groups excluding carboxylic acids is 1. The van der Waals surface area contributed by atoms with E-state index in [1.165, 1.54) is 35.7 Å². The molecule has 1 aromatic heterocycles. The summed E-state index contributed by atoms with van der Waals surface area (Å²) < 4.78 is 2.25. The van der Waals surface area contributed by atoms with E-state index in [-0.39, 0.29) is 5.91 Å². The molecule has 1 saturated carbocycles. The molecule has 0 saturated heterocycles. The van der Waals surface area contributed by atoms with Crippen LogP contribution in [-0.2, 0) is 11.3 Å². The van der Waals surface area contributed by atoms with Crippen molar-refractivity contribution in [3.8, 4) is 0 Å². The summed E-state index contributed by atoms with van der Waals surface area (Å²) in [4.78, 5) is 13.6. The molecule has 1 amide bonds. The number of carbonyl (C=O) groups is 1. The fraction of sp³-hybridized carbons (Fsp3) is 0.348. The zero-order valence-electron chi connectivity index (χ0n) is 15.9. The van der Waals surface area contributed by atoms with Crippen molar-refractivity contribution in [2.75, 3.05) is 5.75 Å². The van der Waals surface area contributed by atoms with Crippen LogP contribution in [0.25, 0.3) is 10.9 Å². The number of fused-ring (bicyclic) bond motifs is 1. The Morgan fingerprint density at radius 1 is 1.07 bits per heavy atom. The van der Waals surface area contributed by atoms with E-state index in [4.69, 9.17) is 11.6 Å². The normalized spacial score (nSPS) is 15.0. The molecular weight excluding hydrogens is 388 g/mol. The molecule has 0 radical (unpaired) electrons. The Labute approximate surface area is 175 Å². The van der Waals surface area contributed by atoms with Crippen molar-refractivity contribution in [1.82, 2.24) is 9.88 Å². The van der Waals surface area contributed by atoms with Crippen LogP contribution in [-0.4, -0.2) is 22.3 Å². The highest BCUT2D eigenvalue weighted by atomic mass is 35.5. The number of nitrogens with zero attached hydrogens (tertiary/aromatic N) is 1. The van der Waals surface area contributed by atoms with Crippen LogP contribution in [0.4, 0.5) is 0 Å². The van der Waals surface area contributed by atoms with Gasteiger partial charge in [-0.2, -0.15) is 0 Å². The summed E-state index contributed by atoms with van der Waals surface area (Å²) in [5, 5.41) is 5.16. The van der Waals surface area contributed by atoms with Gasteiger partial charge in [0.05, 0.1) is 5.75 Å². The summed E-state index contributed by atoms with van der Waals surface area (Å²) in [6, 6.07) is 16.7. The van der Waals surface area contributed by atoms with Crippen molar-refractivity contribution >= 4 is 40.2 Å². The van der Waals surface area contributed by atoms with Gasteiger partial charge in [-0.3, -0.25) is 4.79 Å². The fourth-order valence-electron chi connectivity index (χ4n) is 3.90. The number of aromatic nitrogens is 1. The maximum Gasteiger partial charge on any atom is 0.230 e. The van der Waals surface area contributed by atoms with Crippen LogP contribution < -0.4 is 5.32 Å². The predicted molar refractivity (Wildman–Crippen MR) is 118 cm³/mol. The molecule has 0 aliphatic heterocycles. The first-order valence-electron chi connectivity index (χ1n) is 9.93. The van der Waals surface area contributed by atoms with Gasteiger partial charge in [-0.25, -0.2) is 0 Å². The molecule has 1 heterocycles. The molecule has 5 heteroatoms. The smallest absolute Gasteiger partial charge is 0.230 e. The van der Waals surface area contributed by atoms with E-state index in [2.05, 4.69) is 52.5 Å². The Hall–Kier alpha value is -1.91. The molecule has 1 aliphatic carbocycles. The largest absolute Gasteiger partial charge is 0.353 e. The van der Waals surface area contributed by atoms with Crippen LogP contribution in [0.15, 0.2) is 59.6 Å². The summed E-state index contributed by atoms with van der Waals surface area (Å²) in [7, 11) is 0. The monoisotopic (exact) mass is 412 g/mol. The molecule has 0 atom stereocenters. The number of halogens is 1. The van der Waals surface area contributed by atoms with Gasteiger partial charge in [-0.05, 0) is 36.6 Å². The maximum absolute atomic E-state index is 12.4. The van der Waals surface area contributed by atoms with Gasteiger partial charge in [-0.15, -0.1) is 11.8 Å². The lowest BCUT2D eigenvalue weighted by molar-refractivity contribution is -0.119. The van der Waals surface area contributed by atoms with Crippen LogP contribution in [0.2, 0.25) is 5.02 Å². The number of nitrogens with one attached hydrogen (secondary N) is 1. The minimum atomic E-state index is 0.145. The molecular formula is C23H25ClN2OS. The number of benzene rings is 2. The van der Waals surface area contributed by atoms with Gasteiger partial charge in [0.2, 0.25) is 5.91 Å². The minimum Gasteiger partial charge on any atom is -0.353 e. The second kappa shape index (κ2) is 9.06. The molecule has 146 valence electrons. The maximum atomic E-state index is 12.4. The fourth-order valence-corrected chi connectivity index (χ4v) is 4.93. The van der Waals surface area contributed by atoms with Crippen molar-refractivity contribution < 1.29 is 4.79 Å². The summed E-state index contributed by atoms with van der Waals surface area (Å²) in [6.07, 6.45) is 8.17. The molecule has 1 fully saturated rings. The molecule has 2 aromatic carbocycles. The number of hydrogen-bond donors (Lipinski definition) is 1. The quantitative estimate of drug-likeness (QED) is 0.512. The van der Waals surface area contributed by atoms with Crippen molar-refractivity contribution in [1.29, 1.82) is 0 Å². The highest BCUT2D eigenvalue weighted by Crippen LogP contribution is 2.30. The van der Waals surface area contributed by atoms with E-state index >= 15 is 0 Å². The number of amides is 1. The topological polar surface area (TPSA) is 34.0 Å². The van der Waals surface area contributed by atoms with Gasteiger partial charge < -0.3 is 9.88 Å². The van der Waals surface area contributed by atoms with E-state index in [1.54, 1.807) is 11.8 Å². The average molecular weight is 413 g/mol. The zero-order chi connectivity index (χ0) is 19.3. The summed E-state index contributed by atoms with van der Waals surface area (Å²) in [5.41, 5.74) is 2.39. The van der Waals surface area contributed by atoms with E-state index in [1.807, 2.05) is 12.1 Å². The van der Waals surface area contributed by atoms with E-state index in [0.29, 0.717) is 11.8 Å². The van der Waals surface area contributed by atoms with Crippen LogP contribution in [0, 0.1) is 0 Å². The Kier molecular flexibility index (Phi) is 6.28. The second-order valence-corrected chi connectivity index (χ2v) is 8.91. The molecule has 0 bridgehead atoms. The van der Waals surface area contributed by atoms with Crippen molar-refractivity contribution in [3.63, 3.8) is 0 Å². The van der Waals surface area contributed by atoms with Crippen LogP contribution >= 0.6 is 23.4 Å². The van der Waals surface area contributed by atoms with Gasteiger partial charge in [0.15, 0.2) is 0 Å². The predicted octanol–water partition coefficient (Wildman–Crippen LogP) is 5.88. The van der Waals surface area contributed by atoms with E-state index in [0.717, 1.165) is 29.3 Å². The van der Waals surface area contributed by atoms with Crippen molar-refractivity contribution in [3.05, 3.63) is 65.3 Å². The minimum absolute atomic E-state index is 0.145. The van der Waals surface area contributed by atoms with Gasteiger partial charge in [-0.1, -0.05) is 61.2 Å². The summed E-state index contributed by atoms with van der Waals surface area (Å²) >= 11 is 7.63. The lowest BCUT2D eigenvalue weighted by Crippen LogP contribution is -2.37.